The van der Waals surface area contributed by atoms with Crippen molar-refractivity contribution in [1.29, 1.82) is 5.26 Å². The fraction of sp³-hybridized carbons (Fsp3) is 0.154. The van der Waals surface area contributed by atoms with Crippen LogP contribution in [0.4, 0.5) is 5.82 Å². The van der Waals surface area contributed by atoms with E-state index >= 15 is 0 Å². The molecule has 0 fully saturated rings. The SMILES string of the molecule is N#Cc1nccnc1NC(CO)c1ccccc1. The van der Waals surface area contributed by atoms with Gasteiger partial charge in [0, 0.05) is 12.4 Å². The molecule has 5 heteroatoms. The van der Waals surface area contributed by atoms with Gasteiger partial charge in [-0.25, -0.2) is 9.97 Å². The number of benzene rings is 1. The highest BCUT2D eigenvalue weighted by Gasteiger charge is 2.13. The maximum atomic E-state index is 9.41. The van der Waals surface area contributed by atoms with Gasteiger partial charge in [0.2, 0.25) is 0 Å². The highest BCUT2D eigenvalue weighted by atomic mass is 16.3. The van der Waals surface area contributed by atoms with Crippen LogP contribution in [0, 0.1) is 11.3 Å². The van der Waals surface area contributed by atoms with Crippen molar-refractivity contribution in [1.82, 2.24) is 9.97 Å². The molecule has 90 valence electrons. The first-order valence-corrected chi connectivity index (χ1v) is 5.48. The van der Waals surface area contributed by atoms with Crippen molar-refractivity contribution >= 4 is 5.82 Å². The van der Waals surface area contributed by atoms with Gasteiger partial charge < -0.3 is 10.4 Å². The summed E-state index contributed by atoms with van der Waals surface area (Å²) >= 11 is 0. The van der Waals surface area contributed by atoms with Gasteiger partial charge in [-0.2, -0.15) is 5.26 Å². The number of nitriles is 1. The van der Waals surface area contributed by atoms with Gasteiger partial charge in [0.05, 0.1) is 12.6 Å². The molecule has 0 aliphatic rings. The van der Waals surface area contributed by atoms with Crippen molar-refractivity contribution in [2.75, 3.05) is 11.9 Å². The Bertz CT molecular complexity index is 550. The van der Waals surface area contributed by atoms with E-state index in [1.165, 1.54) is 12.4 Å². The first-order chi connectivity index (χ1) is 8.85. The van der Waals surface area contributed by atoms with Crippen molar-refractivity contribution in [2.45, 2.75) is 6.04 Å². The number of hydrogen-bond donors (Lipinski definition) is 2. The normalized spacial score (nSPS) is 11.6. The van der Waals surface area contributed by atoms with Gasteiger partial charge in [0.25, 0.3) is 0 Å². The average molecular weight is 240 g/mol. The van der Waals surface area contributed by atoms with Gasteiger partial charge in [-0.15, -0.1) is 0 Å². The summed E-state index contributed by atoms with van der Waals surface area (Å²) in [6.45, 7) is -0.0918. The van der Waals surface area contributed by atoms with Crippen LogP contribution in [0.3, 0.4) is 0 Å². The van der Waals surface area contributed by atoms with Crippen LogP contribution < -0.4 is 5.32 Å². The molecule has 0 radical (unpaired) electrons. The summed E-state index contributed by atoms with van der Waals surface area (Å²) in [7, 11) is 0. The Morgan fingerprint density at radius 1 is 1.22 bits per heavy atom. The molecule has 0 amide bonds. The molecule has 0 aliphatic carbocycles. The topological polar surface area (TPSA) is 81.8 Å². The molecule has 2 N–H and O–H groups in total. The molecule has 0 saturated carbocycles. The van der Waals surface area contributed by atoms with E-state index < -0.39 is 0 Å². The van der Waals surface area contributed by atoms with Crippen LogP contribution in [0.1, 0.15) is 17.3 Å². The van der Waals surface area contributed by atoms with Crippen LogP contribution in [0.25, 0.3) is 0 Å². The minimum absolute atomic E-state index is 0.0918. The Labute approximate surface area is 105 Å². The smallest absolute Gasteiger partial charge is 0.182 e. The maximum absolute atomic E-state index is 9.41. The molecule has 18 heavy (non-hydrogen) atoms. The molecular weight excluding hydrogens is 228 g/mol. The van der Waals surface area contributed by atoms with Gasteiger partial charge in [-0.1, -0.05) is 30.3 Å². The maximum Gasteiger partial charge on any atom is 0.182 e. The Morgan fingerprint density at radius 3 is 2.61 bits per heavy atom. The molecular formula is C13H12N4O. The van der Waals surface area contributed by atoms with Gasteiger partial charge in [0.1, 0.15) is 6.07 Å². The Kier molecular flexibility index (Phi) is 3.84. The van der Waals surface area contributed by atoms with Crippen LogP contribution in [-0.2, 0) is 0 Å². The lowest BCUT2D eigenvalue weighted by Gasteiger charge is -2.17. The average Bonchev–Trinajstić information content (AvgIpc) is 2.46. The molecule has 0 bridgehead atoms. The van der Waals surface area contributed by atoms with E-state index in [4.69, 9.17) is 5.26 Å². The fourth-order valence-electron chi connectivity index (χ4n) is 1.61. The minimum Gasteiger partial charge on any atom is -0.394 e. The molecule has 0 aliphatic heterocycles. The number of nitrogens with one attached hydrogen (secondary N) is 1. The molecule has 2 aromatic rings. The van der Waals surface area contributed by atoms with E-state index in [0.717, 1.165) is 5.56 Å². The quantitative estimate of drug-likeness (QED) is 0.846. The van der Waals surface area contributed by atoms with Gasteiger partial charge in [-0.3, -0.25) is 0 Å². The number of nitrogens with zero attached hydrogens (tertiary/aromatic N) is 3. The Hall–Kier alpha value is -2.45. The summed E-state index contributed by atoms with van der Waals surface area (Å²) in [4.78, 5) is 7.97. The van der Waals surface area contributed by atoms with Gasteiger partial charge in [0.15, 0.2) is 11.5 Å². The van der Waals surface area contributed by atoms with E-state index in [1.54, 1.807) is 0 Å². The van der Waals surface area contributed by atoms with Crippen molar-refractivity contribution in [3.63, 3.8) is 0 Å². The predicted octanol–water partition coefficient (Wildman–Crippen LogP) is 1.49. The number of aliphatic hydroxyl groups is 1. The van der Waals surface area contributed by atoms with Crippen LogP contribution in [0.2, 0.25) is 0 Å². The third-order valence-corrected chi connectivity index (χ3v) is 2.50. The zero-order valence-corrected chi connectivity index (χ0v) is 9.61. The largest absolute Gasteiger partial charge is 0.394 e. The van der Waals surface area contributed by atoms with Crippen molar-refractivity contribution in [3.05, 3.63) is 54.0 Å². The highest BCUT2D eigenvalue weighted by molar-refractivity contribution is 5.48. The zero-order valence-electron chi connectivity index (χ0n) is 9.61. The van der Waals surface area contributed by atoms with E-state index in [9.17, 15) is 5.11 Å². The fourth-order valence-corrected chi connectivity index (χ4v) is 1.61. The summed E-state index contributed by atoms with van der Waals surface area (Å²) in [5.74, 6) is 0.378. The number of rotatable bonds is 4. The Morgan fingerprint density at radius 2 is 1.94 bits per heavy atom. The molecule has 1 atom stereocenters. The van der Waals surface area contributed by atoms with Crippen LogP contribution in [0.5, 0.6) is 0 Å². The third-order valence-electron chi connectivity index (χ3n) is 2.50. The van der Waals surface area contributed by atoms with Crippen LogP contribution >= 0.6 is 0 Å². The molecule has 5 nitrogen and oxygen atoms in total. The van der Waals surface area contributed by atoms with Crippen molar-refractivity contribution in [2.24, 2.45) is 0 Å². The Balaban J connectivity index is 2.24. The van der Waals surface area contributed by atoms with Crippen molar-refractivity contribution in [3.8, 4) is 6.07 Å². The van der Waals surface area contributed by atoms with Gasteiger partial charge >= 0.3 is 0 Å². The third kappa shape index (κ3) is 2.62. The lowest BCUT2D eigenvalue weighted by molar-refractivity contribution is 0.276. The molecule has 1 unspecified atom stereocenters. The molecule has 0 spiro atoms. The molecule has 0 saturated heterocycles. The summed E-state index contributed by atoms with van der Waals surface area (Å²) in [5.41, 5.74) is 1.14. The molecule has 1 heterocycles. The number of hydrogen-bond acceptors (Lipinski definition) is 5. The molecule has 2 rings (SSSR count). The second kappa shape index (κ2) is 5.75. The summed E-state index contributed by atoms with van der Waals surface area (Å²) in [5, 5.41) is 21.3. The zero-order chi connectivity index (χ0) is 12.8. The monoisotopic (exact) mass is 240 g/mol. The summed E-state index contributed by atoms with van der Waals surface area (Å²) in [6.07, 6.45) is 2.96. The number of aliphatic hydroxyl groups excluding tert-OH is 1. The van der Waals surface area contributed by atoms with E-state index in [2.05, 4.69) is 15.3 Å². The van der Waals surface area contributed by atoms with E-state index in [0.29, 0.717) is 5.82 Å². The number of aromatic nitrogens is 2. The van der Waals surface area contributed by atoms with Crippen molar-refractivity contribution < 1.29 is 5.11 Å². The second-order valence-corrected chi connectivity index (χ2v) is 3.66. The first kappa shape index (κ1) is 12.0. The highest BCUT2D eigenvalue weighted by Crippen LogP contribution is 2.18. The van der Waals surface area contributed by atoms with Gasteiger partial charge in [-0.05, 0) is 5.56 Å². The standard InChI is InChI=1S/C13H12N4O/c14-8-11-13(16-7-6-15-11)17-12(9-18)10-4-2-1-3-5-10/h1-7,12,18H,9H2,(H,16,17). The summed E-state index contributed by atoms with van der Waals surface area (Å²) in [6, 6.07) is 11.1. The lowest BCUT2D eigenvalue weighted by atomic mass is 10.1. The van der Waals surface area contributed by atoms with E-state index in [-0.39, 0.29) is 18.3 Å². The van der Waals surface area contributed by atoms with E-state index in [1.807, 2.05) is 36.4 Å². The lowest BCUT2D eigenvalue weighted by Crippen LogP contribution is -2.16. The molecule has 1 aromatic carbocycles. The first-order valence-electron chi connectivity index (χ1n) is 5.48. The molecule has 1 aromatic heterocycles. The number of anilines is 1. The minimum atomic E-state index is -0.310. The van der Waals surface area contributed by atoms with Crippen LogP contribution in [0.15, 0.2) is 42.7 Å². The summed E-state index contributed by atoms with van der Waals surface area (Å²) < 4.78 is 0. The predicted molar refractivity (Wildman–Crippen MR) is 66.6 cm³/mol. The second-order valence-electron chi connectivity index (χ2n) is 3.66. The van der Waals surface area contributed by atoms with Crippen LogP contribution in [-0.4, -0.2) is 21.7 Å².